The average molecular weight is 280 g/mol. The highest BCUT2D eigenvalue weighted by molar-refractivity contribution is 5.77. The summed E-state index contributed by atoms with van der Waals surface area (Å²) in [5, 5.41) is 0. The van der Waals surface area contributed by atoms with Crippen molar-refractivity contribution < 1.29 is 13.9 Å². The van der Waals surface area contributed by atoms with Crippen LogP contribution in [0.25, 0.3) is 0 Å². The standard InChI is InChI=1S/C17H25FO2/c1-3-5-7-11-14(10-4-2)16(18)17(19)20-15-12-8-6-9-13-15/h6,8-9,12-14,16H,3-5,7,10-11H2,1-2H3. The number of hydrogen-bond donors (Lipinski definition) is 0. The largest absolute Gasteiger partial charge is 0.424 e. The third kappa shape index (κ3) is 5.72. The summed E-state index contributed by atoms with van der Waals surface area (Å²) in [5.41, 5.74) is 0. The van der Waals surface area contributed by atoms with E-state index in [0.717, 1.165) is 38.5 Å². The van der Waals surface area contributed by atoms with E-state index in [1.54, 1.807) is 24.3 Å². The predicted octanol–water partition coefficient (Wildman–Crippen LogP) is 4.93. The second kappa shape index (κ2) is 9.51. The third-order valence-electron chi connectivity index (χ3n) is 3.44. The number of alkyl halides is 1. The van der Waals surface area contributed by atoms with Gasteiger partial charge in [-0.25, -0.2) is 9.18 Å². The number of rotatable bonds is 9. The Bertz CT molecular complexity index is 378. The minimum atomic E-state index is -1.52. The molecule has 0 aliphatic carbocycles. The van der Waals surface area contributed by atoms with E-state index >= 15 is 0 Å². The van der Waals surface area contributed by atoms with Gasteiger partial charge in [0.25, 0.3) is 0 Å². The highest BCUT2D eigenvalue weighted by atomic mass is 19.1. The molecule has 0 aromatic heterocycles. The Morgan fingerprint density at radius 3 is 2.40 bits per heavy atom. The molecule has 2 unspecified atom stereocenters. The smallest absolute Gasteiger partial charge is 0.346 e. The number of ether oxygens (including phenoxy) is 1. The van der Waals surface area contributed by atoms with E-state index in [9.17, 15) is 9.18 Å². The topological polar surface area (TPSA) is 26.3 Å². The molecule has 0 N–H and O–H groups in total. The molecule has 0 aliphatic rings. The van der Waals surface area contributed by atoms with Crippen LogP contribution in [0.5, 0.6) is 5.75 Å². The summed E-state index contributed by atoms with van der Waals surface area (Å²) in [6, 6.07) is 8.68. The molecular weight excluding hydrogens is 255 g/mol. The van der Waals surface area contributed by atoms with E-state index in [1.165, 1.54) is 0 Å². The fourth-order valence-electron chi connectivity index (χ4n) is 2.32. The van der Waals surface area contributed by atoms with Gasteiger partial charge in [0, 0.05) is 5.92 Å². The Morgan fingerprint density at radius 1 is 1.10 bits per heavy atom. The van der Waals surface area contributed by atoms with Gasteiger partial charge in [0.1, 0.15) is 5.75 Å². The number of unbranched alkanes of at least 4 members (excludes halogenated alkanes) is 2. The lowest BCUT2D eigenvalue weighted by Gasteiger charge is -2.19. The molecule has 3 heteroatoms. The molecule has 0 saturated carbocycles. The van der Waals surface area contributed by atoms with E-state index in [0.29, 0.717) is 5.75 Å². The van der Waals surface area contributed by atoms with Crippen molar-refractivity contribution in [2.45, 2.75) is 58.5 Å². The van der Waals surface area contributed by atoms with Crippen LogP contribution in [-0.4, -0.2) is 12.1 Å². The molecule has 0 heterocycles. The monoisotopic (exact) mass is 280 g/mol. The van der Waals surface area contributed by atoms with Gasteiger partial charge in [-0.3, -0.25) is 0 Å². The summed E-state index contributed by atoms with van der Waals surface area (Å²) < 4.78 is 19.4. The molecule has 0 radical (unpaired) electrons. The lowest BCUT2D eigenvalue weighted by Crippen LogP contribution is -2.29. The van der Waals surface area contributed by atoms with E-state index in [4.69, 9.17) is 4.74 Å². The molecule has 0 spiro atoms. The number of hydrogen-bond acceptors (Lipinski definition) is 2. The molecular formula is C17H25FO2. The summed E-state index contributed by atoms with van der Waals surface area (Å²) >= 11 is 0. The lowest BCUT2D eigenvalue weighted by atomic mass is 9.92. The van der Waals surface area contributed by atoms with Crippen LogP contribution in [-0.2, 0) is 4.79 Å². The number of halogens is 1. The van der Waals surface area contributed by atoms with Crippen molar-refractivity contribution in [3.05, 3.63) is 30.3 Å². The molecule has 2 atom stereocenters. The molecule has 112 valence electrons. The number of para-hydroxylation sites is 1. The quantitative estimate of drug-likeness (QED) is 0.364. The SMILES string of the molecule is CCCCCC(CCC)C(F)C(=O)Oc1ccccc1. The van der Waals surface area contributed by atoms with Crippen LogP contribution in [0.4, 0.5) is 4.39 Å². The molecule has 1 aromatic carbocycles. The summed E-state index contributed by atoms with van der Waals surface area (Å²) in [5.74, 6) is -0.571. The third-order valence-corrected chi connectivity index (χ3v) is 3.44. The second-order valence-electron chi connectivity index (χ2n) is 5.18. The average Bonchev–Trinajstić information content (AvgIpc) is 2.47. The summed E-state index contributed by atoms with van der Waals surface area (Å²) in [6.45, 7) is 4.13. The first-order valence-corrected chi connectivity index (χ1v) is 7.59. The molecule has 20 heavy (non-hydrogen) atoms. The normalized spacial score (nSPS) is 13.8. The van der Waals surface area contributed by atoms with Crippen molar-refractivity contribution in [2.75, 3.05) is 0 Å². The van der Waals surface area contributed by atoms with Gasteiger partial charge in [0.15, 0.2) is 0 Å². The number of esters is 1. The van der Waals surface area contributed by atoms with Crippen LogP contribution in [0.2, 0.25) is 0 Å². The molecule has 0 amide bonds. The Morgan fingerprint density at radius 2 is 1.80 bits per heavy atom. The Kier molecular flexibility index (Phi) is 7.93. The van der Waals surface area contributed by atoms with Crippen molar-refractivity contribution in [3.63, 3.8) is 0 Å². The highest BCUT2D eigenvalue weighted by Crippen LogP contribution is 2.23. The summed E-state index contributed by atoms with van der Waals surface area (Å²) in [4.78, 5) is 11.9. The number of benzene rings is 1. The molecule has 0 fully saturated rings. The lowest BCUT2D eigenvalue weighted by molar-refractivity contribution is -0.142. The van der Waals surface area contributed by atoms with Gasteiger partial charge in [0.05, 0.1) is 0 Å². The van der Waals surface area contributed by atoms with E-state index in [1.807, 2.05) is 13.0 Å². The van der Waals surface area contributed by atoms with Crippen LogP contribution < -0.4 is 4.74 Å². The van der Waals surface area contributed by atoms with Gasteiger partial charge < -0.3 is 4.74 Å². The molecule has 1 aromatic rings. The predicted molar refractivity (Wildman–Crippen MR) is 79.5 cm³/mol. The van der Waals surface area contributed by atoms with Crippen molar-refractivity contribution in [2.24, 2.45) is 5.92 Å². The molecule has 0 bridgehead atoms. The maximum absolute atomic E-state index is 14.3. The van der Waals surface area contributed by atoms with E-state index < -0.39 is 12.1 Å². The summed E-state index contributed by atoms with van der Waals surface area (Å²) in [6.07, 6.45) is 4.01. The molecule has 1 rings (SSSR count). The Hall–Kier alpha value is -1.38. The maximum Gasteiger partial charge on any atom is 0.346 e. The number of carbonyl (C=O) groups excluding carboxylic acids is 1. The fourth-order valence-corrected chi connectivity index (χ4v) is 2.32. The number of carbonyl (C=O) groups is 1. The van der Waals surface area contributed by atoms with Crippen molar-refractivity contribution >= 4 is 5.97 Å². The van der Waals surface area contributed by atoms with Gasteiger partial charge in [0.2, 0.25) is 6.17 Å². The zero-order valence-electron chi connectivity index (χ0n) is 12.5. The van der Waals surface area contributed by atoms with Crippen molar-refractivity contribution in [1.29, 1.82) is 0 Å². The highest BCUT2D eigenvalue weighted by Gasteiger charge is 2.28. The Labute approximate surface area is 121 Å². The second-order valence-corrected chi connectivity index (χ2v) is 5.18. The van der Waals surface area contributed by atoms with Gasteiger partial charge in [-0.1, -0.05) is 57.7 Å². The van der Waals surface area contributed by atoms with Gasteiger partial charge in [-0.2, -0.15) is 0 Å². The van der Waals surface area contributed by atoms with Crippen molar-refractivity contribution in [1.82, 2.24) is 0 Å². The zero-order valence-corrected chi connectivity index (χ0v) is 12.5. The minimum Gasteiger partial charge on any atom is -0.424 e. The first-order valence-electron chi connectivity index (χ1n) is 7.59. The minimum absolute atomic E-state index is 0.220. The zero-order chi connectivity index (χ0) is 14.8. The van der Waals surface area contributed by atoms with Crippen LogP contribution >= 0.6 is 0 Å². The van der Waals surface area contributed by atoms with Crippen LogP contribution in [0.15, 0.2) is 30.3 Å². The first-order chi connectivity index (χ1) is 9.69. The van der Waals surface area contributed by atoms with Crippen LogP contribution in [0.3, 0.4) is 0 Å². The summed E-state index contributed by atoms with van der Waals surface area (Å²) in [7, 11) is 0. The molecule has 0 saturated heterocycles. The van der Waals surface area contributed by atoms with E-state index in [2.05, 4.69) is 6.92 Å². The van der Waals surface area contributed by atoms with Crippen LogP contribution in [0, 0.1) is 5.92 Å². The van der Waals surface area contributed by atoms with E-state index in [-0.39, 0.29) is 5.92 Å². The van der Waals surface area contributed by atoms with Crippen LogP contribution in [0.1, 0.15) is 52.4 Å². The molecule has 2 nitrogen and oxygen atoms in total. The first kappa shape index (κ1) is 16.7. The van der Waals surface area contributed by atoms with Gasteiger partial charge in [-0.05, 0) is 25.0 Å². The fraction of sp³-hybridized carbons (Fsp3) is 0.588. The van der Waals surface area contributed by atoms with Crippen molar-refractivity contribution in [3.8, 4) is 5.75 Å². The van der Waals surface area contributed by atoms with Gasteiger partial charge >= 0.3 is 5.97 Å². The van der Waals surface area contributed by atoms with Gasteiger partial charge in [-0.15, -0.1) is 0 Å². The Balaban J connectivity index is 2.54. The maximum atomic E-state index is 14.3. The molecule has 0 aliphatic heterocycles.